The second-order valence-corrected chi connectivity index (χ2v) is 11.2. The van der Waals surface area contributed by atoms with E-state index in [0.29, 0.717) is 13.0 Å². The molecule has 1 heterocycles. The van der Waals surface area contributed by atoms with Gasteiger partial charge in [0, 0.05) is 56.8 Å². The van der Waals surface area contributed by atoms with E-state index in [-0.39, 0.29) is 31.7 Å². The maximum Gasteiger partial charge on any atom is 0.129 e. The normalized spacial score (nSPS) is 66.5. The van der Waals surface area contributed by atoms with Crippen molar-refractivity contribution in [3.8, 4) is 0 Å². The molecule has 5 aliphatic carbocycles. The molecule has 1 saturated heterocycles. The van der Waals surface area contributed by atoms with Crippen LogP contribution in [0.1, 0.15) is 32.6 Å². The summed E-state index contributed by atoms with van der Waals surface area (Å²) in [6, 6.07) is -0.653. The zero-order chi connectivity index (χ0) is 22.4. The lowest BCUT2D eigenvalue weighted by Gasteiger charge is -2.71. The number of rotatable bonds is 3. The second-order valence-electron chi connectivity index (χ2n) is 11.2. The molecule has 13 unspecified atom stereocenters. The highest BCUT2D eigenvalue weighted by Crippen LogP contribution is 2.79. The standard InChI is InChI=1S/C22H35NO8/c1-4-23-9-18(26)13-8-19(27)17(23)21(13,15(25)6-14(18)24)12-5-10-11(30-2)7-20(19,28)22(12,29)16(10)31-3/h10-17,24-29H,4-9H2,1-3H3. The largest absolute Gasteiger partial charge is 0.392 e. The molecule has 6 N–H and O–H groups in total. The van der Waals surface area contributed by atoms with Gasteiger partial charge in [0.1, 0.15) is 22.4 Å². The average molecular weight is 442 g/mol. The fraction of sp³-hybridized carbons (Fsp3) is 1.00. The molecule has 13 atom stereocenters. The molecular weight excluding hydrogens is 406 g/mol. The number of β-amino-alcohol motifs (C(OH)–C–C–N with tert-alkyl or cyclic N) is 1. The molecule has 1 aliphatic heterocycles. The number of aliphatic hydroxyl groups excluding tert-OH is 2. The predicted molar refractivity (Wildman–Crippen MR) is 106 cm³/mol. The Bertz CT molecular complexity index is 814. The zero-order valence-electron chi connectivity index (χ0n) is 18.3. The molecule has 9 nitrogen and oxygen atoms in total. The topological polar surface area (TPSA) is 143 Å². The lowest BCUT2D eigenvalue weighted by Crippen LogP contribution is -2.88. The van der Waals surface area contributed by atoms with Crippen LogP contribution >= 0.6 is 0 Å². The van der Waals surface area contributed by atoms with Crippen LogP contribution in [0.4, 0.5) is 0 Å². The van der Waals surface area contributed by atoms with Gasteiger partial charge in [0.05, 0.1) is 30.5 Å². The van der Waals surface area contributed by atoms with Gasteiger partial charge in [-0.15, -0.1) is 0 Å². The Morgan fingerprint density at radius 3 is 2.26 bits per heavy atom. The number of methoxy groups -OCH3 is 2. The summed E-state index contributed by atoms with van der Waals surface area (Å²) in [5.41, 5.74) is -8.18. The number of hydrogen-bond donors (Lipinski definition) is 6. The number of nitrogens with zero attached hydrogens (tertiary/aromatic N) is 1. The van der Waals surface area contributed by atoms with Gasteiger partial charge in [0.2, 0.25) is 0 Å². The van der Waals surface area contributed by atoms with E-state index in [1.807, 2.05) is 11.8 Å². The molecule has 0 aromatic rings. The average Bonchev–Trinajstić information content (AvgIpc) is 3.11. The molecular formula is C22H35NO8. The lowest BCUT2D eigenvalue weighted by molar-refractivity contribution is -0.373. The second kappa shape index (κ2) is 5.82. The number of hydrogen-bond acceptors (Lipinski definition) is 9. The van der Waals surface area contributed by atoms with Gasteiger partial charge in [-0.2, -0.15) is 0 Å². The first-order valence-corrected chi connectivity index (χ1v) is 11.6. The van der Waals surface area contributed by atoms with Crippen LogP contribution in [0, 0.1) is 23.2 Å². The van der Waals surface area contributed by atoms with Crippen molar-refractivity contribution in [2.45, 2.75) is 85.5 Å². The van der Waals surface area contributed by atoms with Crippen molar-refractivity contribution in [1.82, 2.24) is 4.90 Å². The Hall–Kier alpha value is -0.360. The van der Waals surface area contributed by atoms with Gasteiger partial charge < -0.3 is 40.1 Å². The van der Waals surface area contributed by atoms with E-state index in [4.69, 9.17) is 9.47 Å². The summed E-state index contributed by atoms with van der Waals surface area (Å²) in [5.74, 6) is -1.50. The molecule has 176 valence electrons. The fourth-order valence-electron chi connectivity index (χ4n) is 9.98. The molecule has 0 aromatic carbocycles. The van der Waals surface area contributed by atoms with E-state index in [1.165, 1.54) is 7.11 Å². The first kappa shape index (κ1) is 21.2. The van der Waals surface area contributed by atoms with Crippen molar-refractivity contribution >= 4 is 0 Å². The van der Waals surface area contributed by atoms with E-state index in [9.17, 15) is 30.6 Å². The maximum absolute atomic E-state index is 12.4. The van der Waals surface area contributed by atoms with Crippen LogP contribution in [0.3, 0.4) is 0 Å². The Labute approximate surface area is 181 Å². The van der Waals surface area contributed by atoms with Crippen LogP contribution in [0.15, 0.2) is 0 Å². The fourth-order valence-corrected chi connectivity index (χ4v) is 9.98. The van der Waals surface area contributed by atoms with Crippen LogP contribution in [0.5, 0.6) is 0 Å². The molecule has 0 radical (unpaired) electrons. The van der Waals surface area contributed by atoms with Gasteiger partial charge in [0.25, 0.3) is 0 Å². The third kappa shape index (κ3) is 1.78. The quantitative estimate of drug-likeness (QED) is 0.288. The van der Waals surface area contributed by atoms with Crippen LogP contribution in [-0.4, -0.2) is 116 Å². The van der Waals surface area contributed by atoms with Gasteiger partial charge in [-0.05, 0) is 19.4 Å². The summed E-state index contributed by atoms with van der Waals surface area (Å²) in [7, 11) is 3.06. The number of fused-ring (bicyclic) bond motifs is 2. The van der Waals surface area contributed by atoms with Crippen molar-refractivity contribution in [3.05, 3.63) is 0 Å². The van der Waals surface area contributed by atoms with Crippen molar-refractivity contribution in [3.63, 3.8) is 0 Å². The smallest absolute Gasteiger partial charge is 0.129 e. The molecule has 31 heavy (non-hydrogen) atoms. The van der Waals surface area contributed by atoms with Gasteiger partial charge in [0.15, 0.2) is 0 Å². The molecule has 6 fully saturated rings. The summed E-state index contributed by atoms with van der Waals surface area (Å²) in [4.78, 5) is 1.90. The third-order valence-corrected chi connectivity index (χ3v) is 10.9. The minimum Gasteiger partial charge on any atom is -0.392 e. The Kier molecular flexibility index (Phi) is 3.98. The Morgan fingerprint density at radius 2 is 1.65 bits per heavy atom. The minimum absolute atomic E-state index is 0.00830. The van der Waals surface area contributed by atoms with Crippen LogP contribution in [0.25, 0.3) is 0 Å². The minimum atomic E-state index is -1.95. The molecule has 0 aromatic heterocycles. The van der Waals surface area contributed by atoms with Crippen molar-refractivity contribution in [2.75, 3.05) is 27.3 Å². The van der Waals surface area contributed by atoms with Gasteiger partial charge in [-0.25, -0.2) is 0 Å². The highest BCUT2D eigenvalue weighted by molar-refractivity contribution is 5.43. The van der Waals surface area contributed by atoms with E-state index in [0.717, 1.165) is 0 Å². The number of piperidine rings is 1. The van der Waals surface area contributed by atoms with E-state index >= 15 is 0 Å². The molecule has 7 bridgehead atoms. The summed E-state index contributed by atoms with van der Waals surface area (Å²) >= 11 is 0. The Morgan fingerprint density at radius 1 is 0.935 bits per heavy atom. The molecule has 9 heteroatoms. The first-order chi connectivity index (χ1) is 14.5. The van der Waals surface area contributed by atoms with Gasteiger partial charge in [-0.1, -0.05) is 6.92 Å². The maximum atomic E-state index is 12.4. The van der Waals surface area contributed by atoms with E-state index < -0.39 is 70.1 Å². The lowest BCUT2D eigenvalue weighted by atomic mass is 9.43. The summed E-state index contributed by atoms with van der Waals surface area (Å²) in [6.07, 6.45) is -2.93. The highest BCUT2D eigenvalue weighted by Gasteiger charge is 2.93. The number of likely N-dealkylation sites (tertiary alicyclic amines) is 1. The molecule has 6 rings (SSSR count). The molecule has 0 amide bonds. The SMILES string of the molecule is CCN1CC2(O)C(O)CC(O)C34C2CC(O)(C13)C1(O)CC(OC)C2CC4C1(O)C2OC. The zero-order valence-corrected chi connectivity index (χ0v) is 18.3. The monoisotopic (exact) mass is 441 g/mol. The summed E-state index contributed by atoms with van der Waals surface area (Å²) in [6.45, 7) is 2.53. The predicted octanol–water partition coefficient (Wildman–Crippen LogP) is -2.17. The molecule has 6 aliphatic rings. The molecule has 5 saturated carbocycles. The van der Waals surface area contributed by atoms with Crippen molar-refractivity contribution in [2.24, 2.45) is 23.2 Å². The first-order valence-electron chi connectivity index (χ1n) is 11.6. The van der Waals surface area contributed by atoms with Crippen molar-refractivity contribution < 1.29 is 40.1 Å². The molecule has 1 spiro atoms. The van der Waals surface area contributed by atoms with Crippen LogP contribution < -0.4 is 0 Å². The van der Waals surface area contributed by atoms with E-state index in [1.54, 1.807) is 7.11 Å². The van der Waals surface area contributed by atoms with Crippen LogP contribution in [0.2, 0.25) is 0 Å². The Balaban J connectivity index is 1.67. The number of aliphatic hydroxyl groups is 6. The van der Waals surface area contributed by atoms with Crippen molar-refractivity contribution in [1.29, 1.82) is 0 Å². The summed E-state index contributed by atoms with van der Waals surface area (Å²) in [5, 5.41) is 71.2. The van der Waals surface area contributed by atoms with Crippen LogP contribution in [-0.2, 0) is 9.47 Å². The van der Waals surface area contributed by atoms with Gasteiger partial charge in [-0.3, -0.25) is 4.90 Å². The number of likely N-dealkylation sites (N-methyl/N-ethyl adjacent to an activating group) is 1. The highest BCUT2D eigenvalue weighted by atomic mass is 16.5. The van der Waals surface area contributed by atoms with E-state index in [2.05, 4.69) is 0 Å². The van der Waals surface area contributed by atoms with Gasteiger partial charge >= 0.3 is 0 Å². The number of ether oxygens (including phenoxy) is 2. The summed E-state index contributed by atoms with van der Waals surface area (Å²) < 4.78 is 11.5. The third-order valence-electron chi connectivity index (χ3n) is 10.9.